The summed E-state index contributed by atoms with van der Waals surface area (Å²) in [6.45, 7) is 3.97. The van der Waals surface area contributed by atoms with Crippen molar-refractivity contribution >= 4 is 11.6 Å². The van der Waals surface area contributed by atoms with Gasteiger partial charge in [0.25, 0.3) is 0 Å². The first-order chi connectivity index (χ1) is 6.49. The highest BCUT2D eigenvalue weighted by Gasteiger charge is 2.12. The van der Waals surface area contributed by atoms with Gasteiger partial charge in [0.15, 0.2) is 0 Å². The lowest BCUT2D eigenvalue weighted by atomic mass is 10.1. The zero-order valence-corrected chi connectivity index (χ0v) is 9.21. The number of rotatable bonds is 4. The van der Waals surface area contributed by atoms with E-state index in [1.807, 2.05) is 18.2 Å². The molecule has 0 spiro atoms. The molecule has 0 bridgehead atoms. The topological polar surface area (TPSA) is 29.5 Å². The van der Waals surface area contributed by atoms with Crippen molar-refractivity contribution in [3.8, 4) is 5.75 Å². The third kappa shape index (κ3) is 3.99. The Morgan fingerprint density at radius 1 is 1.36 bits per heavy atom. The molecular formula is C11H15ClO2. The maximum atomic E-state index is 9.45. The van der Waals surface area contributed by atoms with Gasteiger partial charge in [-0.25, -0.2) is 0 Å². The van der Waals surface area contributed by atoms with E-state index in [0.717, 1.165) is 0 Å². The molecule has 1 aromatic carbocycles. The van der Waals surface area contributed by atoms with Crippen LogP contribution in [0.5, 0.6) is 5.75 Å². The van der Waals surface area contributed by atoms with Crippen LogP contribution in [0.2, 0.25) is 5.02 Å². The quantitative estimate of drug-likeness (QED) is 0.835. The number of hydrogen-bond donors (Lipinski definition) is 1. The predicted molar refractivity (Wildman–Crippen MR) is 57.9 cm³/mol. The van der Waals surface area contributed by atoms with E-state index in [0.29, 0.717) is 23.8 Å². The van der Waals surface area contributed by atoms with E-state index < -0.39 is 5.60 Å². The van der Waals surface area contributed by atoms with Gasteiger partial charge >= 0.3 is 0 Å². The monoisotopic (exact) mass is 214 g/mol. The molecule has 1 rings (SSSR count). The van der Waals surface area contributed by atoms with Gasteiger partial charge < -0.3 is 9.84 Å². The van der Waals surface area contributed by atoms with Crippen LogP contribution in [0.15, 0.2) is 24.3 Å². The third-order valence-electron chi connectivity index (χ3n) is 1.81. The fourth-order valence-electron chi connectivity index (χ4n) is 0.973. The average Bonchev–Trinajstić information content (AvgIpc) is 2.06. The van der Waals surface area contributed by atoms with Crippen LogP contribution in [-0.2, 0) is 0 Å². The van der Waals surface area contributed by atoms with Gasteiger partial charge in [-0.3, -0.25) is 0 Å². The molecular weight excluding hydrogens is 200 g/mol. The van der Waals surface area contributed by atoms with Crippen molar-refractivity contribution in [2.75, 3.05) is 6.61 Å². The molecule has 0 amide bonds. The van der Waals surface area contributed by atoms with E-state index in [4.69, 9.17) is 16.3 Å². The van der Waals surface area contributed by atoms with Crippen molar-refractivity contribution in [1.82, 2.24) is 0 Å². The van der Waals surface area contributed by atoms with E-state index in [1.54, 1.807) is 19.9 Å². The normalized spacial score (nSPS) is 11.4. The number of benzene rings is 1. The first-order valence-corrected chi connectivity index (χ1v) is 4.96. The SMILES string of the molecule is CC(C)(O)CCOc1ccccc1Cl. The van der Waals surface area contributed by atoms with E-state index in [1.165, 1.54) is 0 Å². The molecule has 0 unspecified atom stereocenters. The summed E-state index contributed by atoms with van der Waals surface area (Å²) >= 11 is 5.89. The number of ether oxygens (including phenoxy) is 1. The molecule has 0 radical (unpaired) electrons. The minimum atomic E-state index is -0.693. The molecule has 2 nitrogen and oxygen atoms in total. The molecule has 14 heavy (non-hydrogen) atoms. The van der Waals surface area contributed by atoms with Crippen molar-refractivity contribution in [3.63, 3.8) is 0 Å². The molecule has 0 aliphatic rings. The van der Waals surface area contributed by atoms with E-state index in [-0.39, 0.29) is 0 Å². The summed E-state index contributed by atoms with van der Waals surface area (Å²) in [5, 5.41) is 10.1. The standard InChI is InChI=1S/C11H15ClO2/c1-11(2,13)7-8-14-10-6-4-3-5-9(10)12/h3-6,13H,7-8H2,1-2H3. The molecule has 0 heterocycles. The largest absolute Gasteiger partial charge is 0.492 e. The third-order valence-corrected chi connectivity index (χ3v) is 2.12. The Labute approximate surface area is 89.5 Å². The predicted octanol–water partition coefficient (Wildman–Crippen LogP) is 2.88. The fraction of sp³-hybridized carbons (Fsp3) is 0.455. The van der Waals surface area contributed by atoms with E-state index >= 15 is 0 Å². The van der Waals surface area contributed by atoms with Crippen LogP contribution in [0.4, 0.5) is 0 Å². The summed E-state index contributed by atoms with van der Waals surface area (Å²) in [5.74, 6) is 0.665. The second-order valence-corrected chi connectivity index (χ2v) is 4.25. The van der Waals surface area contributed by atoms with Crippen molar-refractivity contribution < 1.29 is 9.84 Å². The van der Waals surface area contributed by atoms with Crippen molar-refractivity contribution in [1.29, 1.82) is 0 Å². The minimum absolute atomic E-state index is 0.466. The molecule has 0 fully saturated rings. The smallest absolute Gasteiger partial charge is 0.137 e. The summed E-state index contributed by atoms with van der Waals surface area (Å²) in [6, 6.07) is 7.31. The Morgan fingerprint density at radius 2 is 2.00 bits per heavy atom. The first kappa shape index (κ1) is 11.3. The minimum Gasteiger partial charge on any atom is -0.492 e. The van der Waals surface area contributed by atoms with Crippen LogP contribution in [0.3, 0.4) is 0 Å². The maximum Gasteiger partial charge on any atom is 0.137 e. The van der Waals surface area contributed by atoms with Gasteiger partial charge in [0.1, 0.15) is 5.75 Å². The molecule has 78 valence electrons. The van der Waals surface area contributed by atoms with Crippen LogP contribution in [0.25, 0.3) is 0 Å². The van der Waals surface area contributed by atoms with Crippen LogP contribution < -0.4 is 4.74 Å². The molecule has 1 N–H and O–H groups in total. The number of hydrogen-bond acceptors (Lipinski definition) is 2. The first-order valence-electron chi connectivity index (χ1n) is 4.59. The van der Waals surface area contributed by atoms with Crippen LogP contribution in [-0.4, -0.2) is 17.3 Å². The van der Waals surface area contributed by atoms with Gasteiger partial charge in [0.2, 0.25) is 0 Å². The lowest BCUT2D eigenvalue weighted by molar-refractivity contribution is 0.0553. The van der Waals surface area contributed by atoms with Gasteiger partial charge in [-0.05, 0) is 26.0 Å². The van der Waals surface area contributed by atoms with E-state index in [2.05, 4.69) is 0 Å². The van der Waals surface area contributed by atoms with Crippen molar-refractivity contribution in [3.05, 3.63) is 29.3 Å². The van der Waals surface area contributed by atoms with Crippen molar-refractivity contribution in [2.24, 2.45) is 0 Å². The molecule has 0 saturated carbocycles. The van der Waals surface area contributed by atoms with Gasteiger partial charge in [-0.15, -0.1) is 0 Å². The number of halogens is 1. The molecule has 0 aliphatic heterocycles. The Morgan fingerprint density at radius 3 is 2.57 bits per heavy atom. The summed E-state index contributed by atoms with van der Waals surface area (Å²) in [7, 11) is 0. The summed E-state index contributed by atoms with van der Waals surface area (Å²) in [4.78, 5) is 0. The van der Waals surface area contributed by atoms with Gasteiger partial charge in [0, 0.05) is 6.42 Å². The lowest BCUT2D eigenvalue weighted by Gasteiger charge is -2.17. The molecule has 0 atom stereocenters. The Bertz CT molecular complexity index is 292. The van der Waals surface area contributed by atoms with Crippen LogP contribution >= 0.6 is 11.6 Å². The average molecular weight is 215 g/mol. The van der Waals surface area contributed by atoms with E-state index in [9.17, 15) is 5.11 Å². The Hall–Kier alpha value is -0.730. The number of para-hydroxylation sites is 1. The molecule has 0 saturated heterocycles. The van der Waals surface area contributed by atoms with Crippen LogP contribution in [0, 0.1) is 0 Å². The van der Waals surface area contributed by atoms with Crippen molar-refractivity contribution in [2.45, 2.75) is 25.9 Å². The second kappa shape index (κ2) is 4.67. The number of aliphatic hydroxyl groups is 1. The summed E-state index contributed by atoms with van der Waals surface area (Å²) < 4.78 is 5.42. The highest BCUT2D eigenvalue weighted by atomic mass is 35.5. The molecule has 1 aromatic rings. The van der Waals surface area contributed by atoms with Crippen LogP contribution in [0.1, 0.15) is 20.3 Å². The summed E-state index contributed by atoms with van der Waals surface area (Å²) in [5.41, 5.74) is -0.693. The molecule has 0 aliphatic carbocycles. The van der Waals surface area contributed by atoms with Gasteiger partial charge in [0.05, 0.1) is 17.2 Å². The molecule has 0 aromatic heterocycles. The Balaban J connectivity index is 2.43. The fourth-order valence-corrected chi connectivity index (χ4v) is 1.16. The zero-order valence-electron chi connectivity index (χ0n) is 8.46. The second-order valence-electron chi connectivity index (χ2n) is 3.84. The summed E-state index contributed by atoms with van der Waals surface area (Å²) in [6.07, 6.45) is 0.582. The Kier molecular flexibility index (Phi) is 3.78. The highest BCUT2D eigenvalue weighted by molar-refractivity contribution is 6.32. The highest BCUT2D eigenvalue weighted by Crippen LogP contribution is 2.23. The van der Waals surface area contributed by atoms with Gasteiger partial charge in [-0.2, -0.15) is 0 Å². The van der Waals surface area contributed by atoms with Gasteiger partial charge in [-0.1, -0.05) is 23.7 Å². The maximum absolute atomic E-state index is 9.45. The molecule has 3 heteroatoms. The lowest BCUT2D eigenvalue weighted by Crippen LogP contribution is -2.21. The zero-order chi connectivity index (χ0) is 10.6.